The van der Waals surface area contributed by atoms with E-state index in [4.69, 9.17) is 32.7 Å². The fourth-order valence-electron chi connectivity index (χ4n) is 2.81. The van der Waals surface area contributed by atoms with Crippen LogP contribution < -0.4 is 14.4 Å². The summed E-state index contributed by atoms with van der Waals surface area (Å²) in [5.74, 6) is 1.33. The molecular weight excluding hydrogens is 375 g/mol. The van der Waals surface area contributed by atoms with E-state index in [0.717, 1.165) is 24.5 Å². The number of rotatable bonds is 5. The predicted molar refractivity (Wildman–Crippen MR) is 104 cm³/mol. The first-order valence-electron chi connectivity index (χ1n) is 8.31. The molecule has 0 bridgehead atoms. The van der Waals surface area contributed by atoms with Crippen molar-refractivity contribution in [2.24, 2.45) is 0 Å². The molecule has 1 amide bonds. The minimum absolute atomic E-state index is 0.0134. The van der Waals surface area contributed by atoms with Crippen LogP contribution in [0.1, 0.15) is 0 Å². The molecular formula is C19H20Cl2N2O3. The number of ether oxygens (including phenoxy) is 2. The zero-order chi connectivity index (χ0) is 18.5. The number of carbonyl (C=O) groups is 1. The van der Waals surface area contributed by atoms with E-state index in [2.05, 4.69) is 4.90 Å². The lowest BCUT2D eigenvalue weighted by molar-refractivity contribution is -0.133. The van der Waals surface area contributed by atoms with Crippen LogP contribution in [0.15, 0.2) is 42.5 Å². The van der Waals surface area contributed by atoms with Crippen molar-refractivity contribution < 1.29 is 14.3 Å². The van der Waals surface area contributed by atoms with Crippen LogP contribution in [0.2, 0.25) is 10.0 Å². The molecule has 0 spiro atoms. The van der Waals surface area contributed by atoms with Gasteiger partial charge in [0.1, 0.15) is 11.5 Å². The number of benzene rings is 2. The highest BCUT2D eigenvalue weighted by Crippen LogP contribution is 2.26. The summed E-state index contributed by atoms with van der Waals surface area (Å²) in [5.41, 5.74) is 1.13. The maximum atomic E-state index is 12.4. The number of amides is 1. The van der Waals surface area contributed by atoms with E-state index in [1.165, 1.54) is 0 Å². The minimum Gasteiger partial charge on any atom is -0.497 e. The van der Waals surface area contributed by atoms with Crippen molar-refractivity contribution in [3.05, 3.63) is 52.5 Å². The highest BCUT2D eigenvalue weighted by atomic mass is 35.5. The van der Waals surface area contributed by atoms with Crippen molar-refractivity contribution >= 4 is 34.8 Å². The van der Waals surface area contributed by atoms with Crippen LogP contribution >= 0.6 is 23.2 Å². The first-order chi connectivity index (χ1) is 12.6. The van der Waals surface area contributed by atoms with Crippen molar-refractivity contribution in [3.8, 4) is 11.5 Å². The van der Waals surface area contributed by atoms with Gasteiger partial charge in [0.15, 0.2) is 6.61 Å². The molecule has 1 aliphatic heterocycles. The van der Waals surface area contributed by atoms with Gasteiger partial charge in [-0.2, -0.15) is 0 Å². The Balaban J connectivity index is 1.49. The lowest BCUT2D eigenvalue weighted by atomic mass is 10.2. The predicted octanol–water partition coefficient (Wildman–Crippen LogP) is 3.73. The Kier molecular flexibility index (Phi) is 6.12. The molecule has 5 nitrogen and oxygen atoms in total. The van der Waals surface area contributed by atoms with Crippen LogP contribution in [0.5, 0.6) is 11.5 Å². The third kappa shape index (κ3) is 4.54. The van der Waals surface area contributed by atoms with Gasteiger partial charge in [0.2, 0.25) is 0 Å². The van der Waals surface area contributed by atoms with Gasteiger partial charge in [-0.05, 0) is 36.4 Å². The molecule has 2 aromatic carbocycles. The third-order valence-corrected chi connectivity index (χ3v) is 5.06. The van der Waals surface area contributed by atoms with E-state index in [1.54, 1.807) is 25.3 Å². The maximum absolute atomic E-state index is 12.4. The molecule has 1 saturated heterocycles. The molecule has 0 unspecified atom stereocenters. The average molecular weight is 395 g/mol. The highest BCUT2D eigenvalue weighted by molar-refractivity contribution is 6.42. The molecule has 7 heteroatoms. The van der Waals surface area contributed by atoms with Crippen molar-refractivity contribution in [1.82, 2.24) is 4.90 Å². The number of halogens is 2. The number of methoxy groups -OCH3 is 1. The summed E-state index contributed by atoms with van der Waals surface area (Å²) >= 11 is 11.8. The normalized spacial score (nSPS) is 14.3. The average Bonchev–Trinajstić information content (AvgIpc) is 2.69. The van der Waals surface area contributed by atoms with Gasteiger partial charge in [-0.1, -0.05) is 23.2 Å². The molecule has 0 radical (unpaired) electrons. The van der Waals surface area contributed by atoms with Crippen molar-refractivity contribution in [1.29, 1.82) is 0 Å². The van der Waals surface area contributed by atoms with E-state index in [1.807, 2.05) is 29.2 Å². The molecule has 0 aliphatic carbocycles. The summed E-state index contributed by atoms with van der Waals surface area (Å²) in [6.45, 7) is 2.88. The summed E-state index contributed by atoms with van der Waals surface area (Å²) in [4.78, 5) is 16.4. The van der Waals surface area contributed by atoms with Crippen LogP contribution in [0, 0.1) is 0 Å². The fourth-order valence-corrected chi connectivity index (χ4v) is 3.10. The maximum Gasteiger partial charge on any atom is 0.260 e. The molecule has 138 valence electrons. The largest absolute Gasteiger partial charge is 0.497 e. The zero-order valence-corrected chi connectivity index (χ0v) is 16.0. The molecule has 1 heterocycles. The Hall–Kier alpha value is -2.11. The Morgan fingerprint density at radius 3 is 2.23 bits per heavy atom. The fraction of sp³-hybridized carbons (Fsp3) is 0.316. The van der Waals surface area contributed by atoms with E-state index >= 15 is 0 Å². The smallest absolute Gasteiger partial charge is 0.260 e. The molecule has 1 aliphatic rings. The van der Waals surface area contributed by atoms with Crippen molar-refractivity contribution in [2.45, 2.75) is 0 Å². The molecule has 1 fully saturated rings. The second-order valence-electron chi connectivity index (χ2n) is 5.93. The number of piperazine rings is 1. The number of nitrogens with zero attached hydrogens (tertiary/aromatic N) is 2. The molecule has 0 aromatic heterocycles. The number of carbonyl (C=O) groups excluding carboxylic acids is 1. The summed E-state index contributed by atoms with van der Waals surface area (Å²) in [6, 6.07) is 12.9. The summed E-state index contributed by atoms with van der Waals surface area (Å²) < 4.78 is 10.7. The van der Waals surface area contributed by atoms with Crippen molar-refractivity contribution in [3.63, 3.8) is 0 Å². The van der Waals surface area contributed by atoms with Crippen LogP contribution in [0.3, 0.4) is 0 Å². The standard InChI is InChI=1S/C19H20Cl2N2O3/c1-25-15-4-2-14(3-5-15)22-8-10-23(11-9-22)19(24)13-26-16-6-7-17(20)18(21)12-16/h2-7,12H,8-11,13H2,1H3. The van der Waals surface area contributed by atoms with Crippen LogP contribution in [0.4, 0.5) is 5.69 Å². The molecule has 0 saturated carbocycles. The highest BCUT2D eigenvalue weighted by Gasteiger charge is 2.21. The van der Waals surface area contributed by atoms with Gasteiger partial charge in [-0.25, -0.2) is 0 Å². The lowest BCUT2D eigenvalue weighted by Gasteiger charge is -2.36. The molecule has 3 rings (SSSR count). The zero-order valence-electron chi connectivity index (χ0n) is 14.5. The second-order valence-corrected chi connectivity index (χ2v) is 6.74. The minimum atomic E-state index is -0.0366. The molecule has 0 atom stereocenters. The SMILES string of the molecule is COc1ccc(N2CCN(C(=O)COc3ccc(Cl)c(Cl)c3)CC2)cc1. The van der Waals surface area contributed by atoms with E-state index in [-0.39, 0.29) is 12.5 Å². The number of anilines is 1. The van der Waals surface area contributed by atoms with Gasteiger partial charge in [-0.3, -0.25) is 4.79 Å². The van der Waals surface area contributed by atoms with Crippen LogP contribution in [-0.2, 0) is 4.79 Å². The molecule has 26 heavy (non-hydrogen) atoms. The van der Waals surface area contributed by atoms with Gasteiger partial charge in [0, 0.05) is 37.9 Å². The summed E-state index contributed by atoms with van der Waals surface area (Å²) in [5, 5.41) is 0.865. The van der Waals surface area contributed by atoms with Crippen LogP contribution in [0.25, 0.3) is 0 Å². The molecule has 0 N–H and O–H groups in total. The summed E-state index contributed by atoms with van der Waals surface area (Å²) in [7, 11) is 1.65. The Labute approximate surface area is 163 Å². The number of hydrogen-bond donors (Lipinski definition) is 0. The van der Waals surface area contributed by atoms with E-state index < -0.39 is 0 Å². The number of hydrogen-bond acceptors (Lipinski definition) is 4. The van der Waals surface area contributed by atoms with Gasteiger partial charge in [0.05, 0.1) is 17.2 Å². The van der Waals surface area contributed by atoms with Gasteiger partial charge in [0.25, 0.3) is 5.91 Å². The first-order valence-corrected chi connectivity index (χ1v) is 9.07. The Bertz CT molecular complexity index is 760. The van der Waals surface area contributed by atoms with Crippen molar-refractivity contribution in [2.75, 3.05) is 44.8 Å². The van der Waals surface area contributed by atoms with E-state index in [0.29, 0.717) is 28.9 Å². The lowest BCUT2D eigenvalue weighted by Crippen LogP contribution is -2.50. The first kappa shape index (κ1) is 18.7. The summed E-state index contributed by atoms with van der Waals surface area (Å²) in [6.07, 6.45) is 0. The van der Waals surface area contributed by atoms with Gasteiger partial charge in [-0.15, -0.1) is 0 Å². The monoisotopic (exact) mass is 394 g/mol. The van der Waals surface area contributed by atoms with Crippen LogP contribution in [-0.4, -0.2) is 50.7 Å². The van der Waals surface area contributed by atoms with E-state index in [9.17, 15) is 4.79 Å². The second kappa shape index (κ2) is 8.52. The Morgan fingerprint density at radius 2 is 1.62 bits per heavy atom. The van der Waals surface area contributed by atoms with Gasteiger partial charge < -0.3 is 19.3 Å². The Morgan fingerprint density at radius 1 is 0.962 bits per heavy atom. The quantitative estimate of drug-likeness (QED) is 0.774. The molecule has 2 aromatic rings. The third-order valence-electron chi connectivity index (χ3n) is 4.32. The van der Waals surface area contributed by atoms with Gasteiger partial charge >= 0.3 is 0 Å². The topological polar surface area (TPSA) is 42.0 Å².